The van der Waals surface area contributed by atoms with E-state index >= 15 is 0 Å². The fourth-order valence-corrected chi connectivity index (χ4v) is 3.69. The highest BCUT2D eigenvalue weighted by Gasteiger charge is 2.38. The van der Waals surface area contributed by atoms with Gasteiger partial charge in [0.25, 0.3) is 11.8 Å². The van der Waals surface area contributed by atoms with Gasteiger partial charge in [0.1, 0.15) is 5.82 Å². The zero-order valence-electron chi connectivity index (χ0n) is 17.0. The summed E-state index contributed by atoms with van der Waals surface area (Å²) < 4.78 is 0. The van der Waals surface area contributed by atoms with Crippen molar-refractivity contribution < 1.29 is 14.4 Å². The van der Waals surface area contributed by atoms with Crippen molar-refractivity contribution in [1.82, 2.24) is 20.5 Å². The number of urea groups is 1. The molecule has 4 aromatic rings. The first-order valence-electron chi connectivity index (χ1n) is 9.97. The lowest BCUT2D eigenvalue weighted by Gasteiger charge is -2.14. The zero-order chi connectivity index (χ0) is 22.2. The molecule has 0 saturated carbocycles. The summed E-state index contributed by atoms with van der Waals surface area (Å²) in [7, 11) is 0. The van der Waals surface area contributed by atoms with Crippen LogP contribution in [0.15, 0.2) is 66.9 Å². The Morgan fingerprint density at radius 1 is 1.00 bits per heavy atom. The third kappa shape index (κ3) is 3.25. The lowest BCUT2D eigenvalue weighted by molar-refractivity contribution is 0.0925. The van der Waals surface area contributed by atoms with Gasteiger partial charge in [-0.2, -0.15) is 5.10 Å². The third-order valence-corrected chi connectivity index (χ3v) is 5.32. The number of H-pyrrole nitrogens is 1. The number of carbonyl (C=O) groups excluding carboxylic acids is 3. The number of rotatable bonds is 4. The first-order valence-corrected chi connectivity index (χ1v) is 9.97. The number of carbonyl (C=O) groups is 3. The van der Waals surface area contributed by atoms with E-state index in [0.717, 1.165) is 10.5 Å². The van der Waals surface area contributed by atoms with Crippen LogP contribution in [0.1, 0.15) is 39.2 Å². The van der Waals surface area contributed by atoms with Crippen molar-refractivity contribution >= 4 is 40.4 Å². The van der Waals surface area contributed by atoms with Crippen molar-refractivity contribution in [3.05, 3.63) is 83.6 Å². The van der Waals surface area contributed by atoms with E-state index in [-0.39, 0.29) is 11.9 Å². The first-order chi connectivity index (χ1) is 15.5. The fourth-order valence-electron chi connectivity index (χ4n) is 3.69. The van der Waals surface area contributed by atoms with Crippen LogP contribution in [0.5, 0.6) is 0 Å². The van der Waals surface area contributed by atoms with E-state index in [9.17, 15) is 14.4 Å². The van der Waals surface area contributed by atoms with Gasteiger partial charge in [0, 0.05) is 12.3 Å². The molecule has 0 radical (unpaired) electrons. The van der Waals surface area contributed by atoms with Crippen LogP contribution in [0.3, 0.4) is 0 Å². The third-order valence-electron chi connectivity index (χ3n) is 5.32. The number of anilines is 2. The summed E-state index contributed by atoms with van der Waals surface area (Å²) in [6.07, 6.45) is 1.47. The van der Waals surface area contributed by atoms with Crippen molar-refractivity contribution in [3.8, 4) is 0 Å². The number of hydrogen-bond donors (Lipinski definition) is 3. The second-order valence-corrected chi connectivity index (χ2v) is 7.38. The molecule has 5 rings (SSSR count). The van der Waals surface area contributed by atoms with Crippen LogP contribution >= 0.6 is 0 Å². The molecular formula is C23H18N6O3. The van der Waals surface area contributed by atoms with Gasteiger partial charge in [-0.3, -0.25) is 20.0 Å². The topological polar surface area (TPSA) is 120 Å². The molecule has 0 spiro atoms. The molecule has 9 heteroatoms. The number of fused-ring (bicyclic) bond motifs is 2. The van der Waals surface area contributed by atoms with Crippen LogP contribution in [0, 0.1) is 0 Å². The van der Waals surface area contributed by atoms with Crippen molar-refractivity contribution in [3.63, 3.8) is 0 Å². The minimum atomic E-state index is -0.435. The van der Waals surface area contributed by atoms with Crippen LogP contribution in [0.2, 0.25) is 0 Å². The average molecular weight is 426 g/mol. The zero-order valence-corrected chi connectivity index (χ0v) is 17.0. The van der Waals surface area contributed by atoms with Crippen LogP contribution in [-0.4, -0.2) is 33.0 Å². The molecule has 1 unspecified atom stereocenters. The van der Waals surface area contributed by atoms with E-state index in [4.69, 9.17) is 0 Å². The Morgan fingerprint density at radius 3 is 2.34 bits per heavy atom. The van der Waals surface area contributed by atoms with Crippen molar-refractivity contribution in [2.75, 3.05) is 10.2 Å². The maximum atomic E-state index is 12.7. The number of hydrogen-bond acceptors (Lipinski definition) is 5. The van der Waals surface area contributed by atoms with Crippen LogP contribution < -0.4 is 15.5 Å². The van der Waals surface area contributed by atoms with Crippen LogP contribution in [-0.2, 0) is 0 Å². The maximum absolute atomic E-state index is 12.7. The Balaban J connectivity index is 1.35. The van der Waals surface area contributed by atoms with Crippen molar-refractivity contribution in [1.29, 1.82) is 0 Å². The molecule has 0 saturated heterocycles. The van der Waals surface area contributed by atoms with Gasteiger partial charge in [0.2, 0.25) is 0 Å². The minimum absolute atomic E-state index is 0.174. The minimum Gasteiger partial charge on any atom is -0.331 e. The Morgan fingerprint density at radius 2 is 1.66 bits per heavy atom. The number of aromatic nitrogens is 3. The smallest absolute Gasteiger partial charge is 0.320 e. The van der Waals surface area contributed by atoms with Gasteiger partial charge in [0.05, 0.1) is 28.1 Å². The van der Waals surface area contributed by atoms with E-state index in [0.29, 0.717) is 27.8 Å². The van der Waals surface area contributed by atoms with Crippen LogP contribution in [0.4, 0.5) is 16.4 Å². The normalized spacial score (nSPS) is 13.8. The molecule has 2 aromatic carbocycles. The molecule has 2 aromatic heterocycles. The fraction of sp³-hybridized carbons (Fsp3) is 0.0870. The van der Waals surface area contributed by atoms with Crippen LogP contribution in [0.25, 0.3) is 10.9 Å². The maximum Gasteiger partial charge on any atom is 0.320 e. The molecule has 1 aliphatic rings. The lowest BCUT2D eigenvalue weighted by Crippen LogP contribution is -2.31. The van der Waals surface area contributed by atoms with Gasteiger partial charge in [-0.15, -0.1) is 0 Å². The van der Waals surface area contributed by atoms with Gasteiger partial charge >= 0.3 is 6.03 Å². The quantitative estimate of drug-likeness (QED) is 0.430. The Labute approximate surface area is 182 Å². The number of amides is 4. The monoisotopic (exact) mass is 426 g/mol. The van der Waals surface area contributed by atoms with Crippen molar-refractivity contribution in [2.24, 2.45) is 0 Å². The SMILES string of the molecule is CC(NC(=O)Nc1cc2[nH]nc(N3C(=O)c4ccccc4C3=O)c2cn1)c1ccccc1. The number of benzene rings is 2. The molecule has 0 fully saturated rings. The summed E-state index contributed by atoms with van der Waals surface area (Å²) in [5.74, 6) is -0.397. The summed E-state index contributed by atoms with van der Waals surface area (Å²) in [6.45, 7) is 1.88. The highest BCUT2D eigenvalue weighted by molar-refractivity contribution is 6.35. The molecule has 9 nitrogen and oxygen atoms in total. The van der Waals surface area contributed by atoms with Gasteiger partial charge in [0.15, 0.2) is 5.82 Å². The molecular weight excluding hydrogens is 408 g/mol. The van der Waals surface area contributed by atoms with Crippen molar-refractivity contribution in [2.45, 2.75) is 13.0 Å². The predicted octanol–water partition coefficient (Wildman–Crippen LogP) is 3.64. The number of nitrogens with one attached hydrogen (secondary N) is 3. The lowest BCUT2D eigenvalue weighted by atomic mass is 10.1. The molecule has 158 valence electrons. The summed E-state index contributed by atoms with van der Waals surface area (Å²) in [4.78, 5) is 43.1. The summed E-state index contributed by atoms with van der Waals surface area (Å²) in [5, 5.41) is 13.0. The summed E-state index contributed by atoms with van der Waals surface area (Å²) in [6, 6.07) is 17.2. The summed E-state index contributed by atoms with van der Waals surface area (Å²) in [5.41, 5.74) is 2.18. The van der Waals surface area contributed by atoms with E-state index in [1.807, 2.05) is 37.3 Å². The molecule has 0 bridgehead atoms. The van der Waals surface area contributed by atoms with Gasteiger partial charge < -0.3 is 5.32 Å². The van der Waals surface area contributed by atoms with E-state index in [1.165, 1.54) is 6.20 Å². The predicted molar refractivity (Wildman–Crippen MR) is 118 cm³/mol. The highest BCUT2D eigenvalue weighted by atomic mass is 16.2. The molecule has 1 atom stereocenters. The Bertz CT molecular complexity index is 1330. The molecule has 0 aliphatic carbocycles. The number of pyridine rings is 1. The van der Waals surface area contributed by atoms with Gasteiger partial charge in [-0.25, -0.2) is 14.7 Å². The largest absolute Gasteiger partial charge is 0.331 e. The summed E-state index contributed by atoms with van der Waals surface area (Å²) >= 11 is 0. The number of aromatic amines is 1. The highest BCUT2D eigenvalue weighted by Crippen LogP contribution is 2.32. The second kappa shape index (κ2) is 7.62. The van der Waals surface area contributed by atoms with E-state index in [2.05, 4.69) is 25.8 Å². The average Bonchev–Trinajstić information content (AvgIpc) is 3.32. The molecule has 4 amide bonds. The van der Waals surface area contributed by atoms with Gasteiger partial charge in [-0.05, 0) is 24.6 Å². The Hall–Kier alpha value is -4.53. The molecule has 32 heavy (non-hydrogen) atoms. The van der Waals surface area contributed by atoms with E-state index < -0.39 is 17.8 Å². The van der Waals surface area contributed by atoms with Gasteiger partial charge in [-0.1, -0.05) is 42.5 Å². The Kier molecular flexibility index (Phi) is 4.63. The molecule has 3 N–H and O–H groups in total. The standard InChI is InChI=1S/C23H18N6O3/c1-13(14-7-3-2-4-8-14)25-23(32)26-19-11-18-17(12-24-19)20(28-27-18)29-21(30)15-9-5-6-10-16(15)22(29)31/h2-13H,1H3,(H,27,28)(H2,24,25,26,32). The first kappa shape index (κ1) is 19.4. The number of nitrogens with zero attached hydrogens (tertiary/aromatic N) is 3. The molecule has 1 aliphatic heterocycles. The van der Waals surface area contributed by atoms with E-state index in [1.54, 1.807) is 30.3 Å². The molecule has 3 heterocycles. The second-order valence-electron chi connectivity index (χ2n) is 7.38. The number of imide groups is 1.